The first-order valence-electron chi connectivity index (χ1n) is 5.02. The van der Waals surface area contributed by atoms with Crippen molar-refractivity contribution in [2.75, 3.05) is 13.3 Å². The van der Waals surface area contributed by atoms with Crippen LogP contribution in [-0.4, -0.2) is 32.2 Å². The summed E-state index contributed by atoms with van der Waals surface area (Å²) in [6.45, 7) is 0. The summed E-state index contributed by atoms with van der Waals surface area (Å²) in [7, 11) is -2.43. The third-order valence-electron chi connectivity index (χ3n) is 2.38. The van der Waals surface area contributed by atoms with E-state index in [-0.39, 0.29) is 5.56 Å². The van der Waals surface area contributed by atoms with E-state index in [0.717, 1.165) is 13.3 Å². The molecule has 0 bridgehead atoms. The van der Waals surface area contributed by atoms with Crippen LogP contribution in [0.3, 0.4) is 0 Å². The molecule has 0 saturated heterocycles. The zero-order chi connectivity index (χ0) is 13.3. The van der Waals surface area contributed by atoms with E-state index in [1.807, 2.05) is 0 Å². The normalized spacial score (nSPS) is 11.9. The summed E-state index contributed by atoms with van der Waals surface area (Å²) in [5.41, 5.74) is 0.715. The fourth-order valence-corrected chi connectivity index (χ4v) is 1.57. The Balaban J connectivity index is 2.30. The van der Waals surface area contributed by atoms with Gasteiger partial charge >= 0.3 is 5.97 Å². The molecule has 96 valence electrons. The Kier molecular flexibility index (Phi) is 3.10. The second-order valence-electron chi connectivity index (χ2n) is 3.70. The number of sulfonamides is 1. The summed E-state index contributed by atoms with van der Waals surface area (Å²) in [6.07, 6.45) is 2.18. The van der Waals surface area contributed by atoms with Crippen LogP contribution in [0.2, 0.25) is 0 Å². The Bertz CT molecular complexity index is 688. The smallest absolute Gasteiger partial charge is 0.361 e. The largest absolute Gasteiger partial charge is 0.463 e. The molecule has 0 amide bonds. The van der Waals surface area contributed by atoms with Crippen LogP contribution in [0.5, 0.6) is 0 Å². The van der Waals surface area contributed by atoms with E-state index in [0.29, 0.717) is 15.4 Å². The van der Waals surface area contributed by atoms with Crippen molar-refractivity contribution >= 4 is 27.0 Å². The molecule has 0 spiro atoms. The first-order valence-corrected chi connectivity index (χ1v) is 6.87. The lowest BCUT2D eigenvalue weighted by molar-refractivity contribution is -0.0289. The number of carbonyl (C=O) groups is 1. The summed E-state index contributed by atoms with van der Waals surface area (Å²) in [6, 6.07) is 6.90. The number of benzene rings is 1. The summed E-state index contributed by atoms with van der Waals surface area (Å²) < 4.78 is 27.9. The van der Waals surface area contributed by atoms with E-state index in [4.69, 9.17) is 9.25 Å². The Morgan fingerprint density at radius 2 is 2.00 bits per heavy atom. The van der Waals surface area contributed by atoms with Gasteiger partial charge in [-0.2, -0.15) is 0 Å². The highest BCUT2D eigenvalue weighted by molar-refractivity contribution is 7.88. The lowest BCUT2D eigenvalue weighted by Crippen LogP contribution is -2.28. The zero-order valence-electron chi connectivity index (χ0n) is 9.78. The number of para-hydroxylation sites is 1. The SMILES string of the molecule is CN(OC(=O)c1coc2ccccc12)S(C)(=O)=O. The van der Waals surface area contributed by atoms with Gasteiger partial charge in [0.25, 0.3) is 0 Å². The quantitative estimate of drug-likeness (QED) is 0.787. The fourth-order valence-electron chi connectivity index (χ4n) is 1.37. The number of hydrogen-bond acceptors (Lipinski definition) is 5. The summed E-state index contributed by atoms with van der Waals surface area (Å²) in [5.74, 6) is -0.784. The van der Waals surface area contributed by atoms with E-state index in [9.17, 15) is 13.2 Å². The summed E-state index contributed by atoms with van der Waals surface area (Å²) >= 11 is 0. The molecule has 1 aromatic carbocycles. The van der Waals surface area contributed by atoms with Crippen molar-refractivity contribution < 1.29 is 22.5 Å². The minimum absolute atomic E-state index is 0.182. The summed E-state index contributed by atoms with van der Waals surface area (Å²) in [4.78, 5) is 16.5. The second kappa shape index (κ2) is 4.43. The van der Waals surface area contributed by atoms with Gasteiger partial charge in [-0.3, -0.25) is 0 Å². The minimum Gasteiger partial charge on any atom is -0.463 e. The highest BCUT2D eigenvalue weighted by Crippen LogP contribution is 2.21. The van der Waals surface area contributed by atoms with Crippen molar-refractivity contribution in [2.24, 2.45) is 0 Å². The molecule has 2 rings (SSSR count). The Morgan fingerprint density at radius 1 is 1.33 bits per heavy atom. The maximum atomic E-state index is 11.8. The van der Waals surface area contributed by atoms with Gasteiger partial charge < -0.3 is 9.25 Å². The van der Waals surface area contributed by atoms with Gasteiger partial charge in [-0.1, -0.05) is 18.2 Å². The second-order valence-corrected chi connectivity index (χ2v) is 5.68. The molecule has 0 atom stereocenters. The Labute approximate surface area is 104 Å². The molecule has 0 unspecified atom stereocenters. The third kappa shape index (κ3) is 2.36. The van der Waals surface area contributed by atoms with Crippen LogP contribution in [-0.2, 0) is 14.9 Å². The van der Waals surface area contributed by atoms with Crippen LogP contribution in [0, 0.1) is 0 Å². The number of furan rings is 1. The van der Waals surface area contributed by atoms with Crippen LogP contribution in [0.25, 0.3) is 11.0 Å². The topological polar surface area (TPSA) is 76.8 Å². The molecule has 2 aromatic rings. The molecule has 0 fully saturated rings. The number of hydrogen-bond donors (Lipinski definition) is 0. The molecular weight excluding hydrogens is 258 g/mol. The van der Waals surface area contributed by atoms with E-state index in [1.54, 1.807) is 24.3 Å². The lowest BCUT2D eigenvalue weighted by atomic mass is 10.2. The average molecular weight is 269 g/mol. The Hall–Kier alpha value is -1.86. The lowest BCUT2D eigenvalue weighted by Gasteiger charge is -2.12. The molecule has 0 aliphatic rings. The van der Waals surface area contributed by atoms with Crippen molar-refractivity contribution in [1.29, 1.82) is 0 Å². The number of carbonyl (C=O) groups excluding carboxylic acids is 1. The highest BCUT2D eigenvalue weighted by Gasteiger charge is 2.21. The van der Waals surface area contributed by atoms with Crippen LogP contribution in [0.4, 0.5) is 0 Å². The first kappa shape index (κ1) is 12.6. The molecule has 0 aliphatic heterocycles. The van der Waals surface area contributed by atoms with E-state index in [1.165, 1.54) is 6.26 Å². The van der Waals surface area contributed by atoms with Gasteiger partial charge in [0.1, 0.15) is 17.4 Å². The van der Waals surface area contributed by atoms with Crippen LogP contribution < -0.4 is 0 Å². The highest BCUT2D eigenvalue weighted by atomic mass is 32.2. The molecule has 0 radical (unpaired) electrons. The monoisotopic (exact) mass is 269 g/mol. The van der Waals surface area contributed by atoms with Crippen molar-refractivity contribution in [3.8, 4) is 0 Å². The predicted molar refractivity (Wildman–Crippen MR) is 64.2 cm³/mol. The van der Waals surface area contributed by atoms with Gasteiger partial charge in [0, 0.05) is 12.4 Å². The zero-order valence-corrected chi connectivity index (χ0v) is 10.6. The first-order chi connectivity index (χ1) is 8.39. The van der Waals surface area contributed by atoms with Crippen LogP contribution in [0.15, 0.2) is 34.9 Å². The maximum Gasteiger partial charge on any atom is 0.361 e. The fraction of sp³-hybridized carbons (Fsp3) is 0.182. The van der Waals surface area contributed by atoms with Gasteiger partial charge in [-0.25, -0.2) is 13.2 Å². The van der Waals surface area contributed by atoms with Gasteiger partial charge in [-0.05, 0) is 10.5 Å². The molecule has 0 N–H and O–H groups in total. The van der Waals surface area contributed by atoms with Gasteiger partial charge in [0.2, 0.25) is 10.0 Å². The predicted octanol–water partition coefficient (Wildman–Crippen LogP) is 1.40. The number of nitrogens with zero attached hydrogens (tertiary/aromatic N) is 1. The molecule has 0 aliphatic carbocycles. The molecular formula is C11H11NO5S. The van der Waals surface area contributed by atoms with Crippen molar-refractivity contribution in [3.63, 3.8) is 0 Å². The van der Waals surface area contributed by atoms with E-state index in [2.05, 4.69) is 0 Å². The van der Waals surface area contributed by atoms with Crippen LogP contribution >= 0.6 is 0 Å². The van der Waals surface area contributed by atoms with Gasteiger partial charge in [0.15, 0.2) is 0 Å². The molecule has 1 aromatic heterocycles. The van der Waals surface area contributed by atoms with Gasteiger partial charge in [-0.15, -0.1) is 0 Å². The van der Waals surface area contributed by atoms with E-state index < -0.39 is 16.0 Å². The van der Waals surface area contributed by atoms with Crippen molar-refractivity contribution in [2.45, 2.75) is 0 Å². The van der Waals surface area contributed by atoms with Gasteiger partial charge in [0.05, 0.1) is 6.26 Å². The number of fused-ring (bicyclic) bond motifs is 1. The number of rotatable bonds is 3. The molecule has 6 nitrogen and oxygen atoms in total. The Morgan fingerprint density at radius 3 is 2.67 bits per heavy atom. The molecule has 7 heteroatoms. The molecule has 1 heterocycles. The maximum absolute atomic E-state index is 11.8. The van der Waals surface area contributed by atoms with Crippen molar-refractivity contribution in [1.82, 2.24) is 4.47 Å². The molecule has 18 heavy (non-hydrogen) atoms. The average Bonchev–Trinajstić information content (AvgIpc) is 2.71. The third-order valence-corrected chi connectivity index (χ3v) is 3.39. The summed E-state index contributed by atoms with van der Waals surface area (Å²) in [5, 5.41) is 0.574. The minimum atomic E-state index is -3.58. The van der Waals surface area contributed by atoms with E-state index >= 15 is 0 Å². The van der Waals surface area contributed by atoms with Crippen LogP contribution in [0.1, 0.15) is 10.4 Å². The number of hydroxylamine groups is 1. The molecule has 0 saturated carbocycles. The standard InChI is InChI=1S/C11H11NO5S/c1-12(18(2,14)15)17-11(13)9-7-16-10-6-4-3-5-8(9)10/h3-7H,1-2H3. The van der Waals surface area contributed by atoms with Crippen molar-refractivity contribution in [3.05, 3.63) is 36.1 Å².